The van der Waals surface area contributed by atoms with Crippen LogP contribution in [0.2, 0.25) is 0 Å². The molecule has 84 valence electrons. The van der Waals surface area contributed by atoms with Crippen molar-refractivity contribution >= 4 is 0 Å². The van der Waals surface area contributed by atoms with Gasteiger partial charge in [0, 0.05) is 6.04 Å². The Morgan fingerprint density at radius 2 is 2.14 bits per heavy atom. The molecule has 0 spiro atoms. The lowest BCUT2D eigenvalue weighted by Gasteiger charge is -2.28. The summed E-state index contributed by atoms with van der Waals surface area (Å²) in [6.45, 7) is 12.0. The number of rotatable bonds is 3. The van der Waals surface area contributed by atoms with E-state index in [0.717, 1.165) is 5.92 Å². The summed E-state index contributed by atoms with van der Waals surface area (Å²) in [5.41, 5.74) is 0. The Kier molecular flexibility index (Phi) is 5.49. The molecule has 0 saturated carbocycles. The van der Waals surface area contributed by atoms with Gasteiger partial charge in [0.25, 0.3) is 0 Å². The molecule has 2 nitrogen and oxygen atoms in total. The Labute approximate surface area is 89.1 Å². The van der Waals surface area contributed by atoms with Crippen LogP contribution in [-0.4, -0.2) is 37.1 Å². The van der Waals surface area contributed by atoms with Gasteiger partial charge in [-0.25, -0.2) is 0 Å². The van der Waals surface area contributed by atoms with E-state index in [0.29, 0.717) is 6.04 Å². The zero-order valence-electron chi connectivity index (χ0n) is 10.1. The van der Waals surface area contributed by atoms with Gasteiger partial charge in [-0.2, -0.15) is 0 Å². The van der Waals surface area contributed by atoms with Crippen LogP contribution in [0.25, 0.3) is 0 Å². The molecule has 14 heavy (non-hydrogen) atoms. The summed E-state index contributed by atoms with van der Waals surface area (Å²) in [5, 5.41) is 3.54. The molecule has 1 aliphatic heterocycles. The molecule has 1 N–H and O–H groups in total. The first-order chi connectivity index (χ1) is 6.68. The Bertz CT molecular complexity index is 143. The maximum absolute atomic E-state index is 3.54. The molecule has 1 saturated heterocycles. The van der Waals surface area contributed by atoms with Crippen LogP contribution in [-0.2, 0) is 0 Å². The summed E-state index contributed by atoms with van der Waals surface area (Å²) in [6.07, 6.45) is 3.96. The monoisotopic (exact) mass is 198 g/mol. The molecule has 0 aromatic heterocycles. The van der Waals surface area contributed by atoms with Crippen molar-refractivity contribution < 1.29 is 0 Å². The predicted molar refractivity (Wildman–Crippen MR) is 62.6 cm³/mol. The third kappa shape index (κ3) is 4.97. The Balaban J connectivity index is 2.21. The first-order valence-electron chi connectivity index (χ1n) is 6.14. The van der Waals surface area contributed by atoms with E-state index in [1.54, 1.807) is 0 Å². The van der Waals surface area contributed by atoms with Crippen molar-refractivity contribution in [2.45, 2.75) is 46.1 Å². The Morgan fingerprint density at radius 1 is 1.36 bits per heavy atom. The largest absolute Gasteiger partial charge is 0.314 e. The molecule has 2 heteroatoms. The summed E-state index contributed by atoms with van der Waals surface area (Å²) >= 11 is 0. The second-order valence-corrected chi connectivity index (χ2v) is 5.02. The topological polar surface area (TPSA) is 15.3 Å². The fourth-order valence-corrected chi connectivity index (χ4v) is 1.91. The smallest absolute Gasteiger partial charge is 0.00509 e. The highest BCUT2D eigenvalue weighted by molar-refractivity contribution is 4.70. The summed E-state index contributed by atoms with van der Waals surface area (Å²) in [7, 11) is 0. The van der Waals surface area contributed by atoms with Crippen molar-refractivity contribution in [1.82, 2.24) is 10.2 Å². The van der Waals surface area contributed by atoms with Gasteiger partial charge in [0.1, 0.15) is 0 Å². The minimum atomic E-state index is 0.705. The van der Waals surface area contributed by atoms with Crippen molar-refractivity contribution in [3.8, 4) is 0 Å². The molecule has 1 fully saturated rings. The molecular weight excluding hydrogens is 172 g/mol. The molecule has 1 rings (SSSR count). The standard InChI is InChI=1S/C12H26N2/c1-11(2)5-9-14-8-4-7-13-12(3)6-10-14/h11-13H,4-10H2,1-3H3. The molecule has 1 atom stereocenters. The number of nitrogens with zero attached hydrogens (tertiary/aromatic N) is 1. The quantitative estimate of drug-likeness (QED) is 0.747. The normalized spacial score (nSPS) is 26.1. The highest BCUT2D eigenvalue weighted by atomic mass is 15.1. The van der Waals surface area contributed by atoms with E-state index in [-0.39, 0.29) is 0 Å². The molecule has 1 unspecified atom stereocenters. The van der Waals surface area contributed by atoms with Gasteiger partial charge < -0.3 is 10.2 Å². The van der Waals surface area contributed by atoms with Gasteiger partial charge >= 0.3 is 0 Å². The molecule has 0 aliphatic carbocycles. The van der Waals surface area contributed by atoms with Gasteiger partial charge in [-0.1, -0.05) is 13.8 Å². The Morgan fingerprint density at radius 3 is 2.86 bits per heavy atom. The van der Waals surface area contributed by atoms with Crippen LogP contribution < -0.4 is 5.32 Å². The first kappa shape index (κ1) is 12.0. The number of hydrogen-bond acceptors (Lipinski definition) is 2. The van der Waals surface area contributed by atoms with E-state index in [2.05, 4.69) is 31.0 Å². The summed E-state index contributed by atoms with van der Waals surface area (Å²) in [6, 6.07) is 0.705. The molecule has 0 radical (unpaired) electrons. The van der Waals surface area contributed by atoms with Crippen molar-refractivity contribution in [2.75, 3.05) is 26.2 Å². The van der Waals surface area contributed by atoms with Crippen LogP contribution in [0.1, 0.15) is 40.0 Å². The van der Waals surface area contributed by atoms with E-state index in [4.69, 9.17) is 0 Å². The fraction of sp³-hybridized carbons (Fsp3) is 1.00. The molecule has 0 bridgehead atoms. The maximum atomic E-state index is 3.54. The molecule has 1 heterocycles. The van der Waals surface area contributed by atoms with E-state index in [1.807, 2.05) is 0 Å². The molecule has 0 amide bonds. The van der Waals surface area contributed by atoms with Gasteiger partial charge in [0.05, 0.1) is 0 Å². The van der Waals surface area contributed by atoms with Gasteiger partial charge in [0.2, 0.25) is 0 Å². The van der Waals surface area contributed by atoms with Crippen LogP contribution in [0, 0.1) is 5.92 Å². The lowest BCUT2D eigenvalue weighted by molar-refractivity contribution is 0.225. The van der Waals surface area contributed by atoms with Crippen molar-refractivity contribution in [1.29, 1.82) is 0 Å². The summed E-state index contributed by atoms with van der Waals surface area (Å²) in [4.78, 5) is 2.64. The highest BCUT2D eigenvalue weighted by Crippen LogP contribution is 2.06. The lowest BCUT2D eigenvalue weighted by atomic mass is 10.1. The van der Waals surface area contributed by atoms with Gasteiger partial charge in [-0.05, 0) is 58.3 Å². The number of nitrogens with one attached hydrogen (secondary N) is 1. The van der Waals surface area contributed by atoms with Crippen LogP contribution in [0.4, 0.5) is 0 Å². The van der Waals surface area contributed by atoms with Gasteiger partial charge in [-0.3, -0.25) is 0 Å². The fourth-order valence-electron chi connectivity index (χ4n) is 1.91. The Hall–Kier alpha value is -0.0800. The van der Waals surface area contributed by atoms with Crippen LogP contribution in [0.3, 0.4) is 0 Å². The first-order valence-corrected chi connectivity index (χ1v) is 6.14. The van der Waals surface area contributed by atoms with Gasteiger partial charge in [0.15, 0.2) is 0 Å². The average molecular weight is 198 g/mol. The third-order valence-electron chi connectivity index (χ3n) is 3.04. The van der Waals surface area contributed by atoms with Crippen LogP contribution in [0.15, 0.2) is 0 Å². The number of hydrogen-bond donors (Lipinski definition) is 1. The maximum Gasteiger partial charge on any atom is 0.00509 e. The zero-order valence-corrected chi connectivity index (χ0v) is 10.1. The highest BCUT2D eigenvalue weighted by Gasteiger charge is 2.11. The second-order valence-electron chi connectivity index (χ2n) is 5.02. The zero-order chi connectivity index (χ0) is 10.4. The summed E-state index contributed by atoms with van der Waals surface area (Å²) < 4.78 is 0. The lowest BCUT2D eigenvalue weighted by Crippen LogP contribution is -2.39. The van der Waals surface area contributed by atoms with Crippen molar-refractivity contribution in [3.63, 3.8) is 0 Å². The summed E-state index contributed by atoms with van der Waals surface area (Å²) in [5.74, 6) is 0.844. The average Bonchev–Trinajstić information content (AvgIpc) is 2.11. The van der Waals surface area contributed by atoms with E-state index < -0.39 is 0 Å². The molecule has 0 aromatic carbocycles. The van der Waals surface area contributed by atoms with E-state index in [9.17, 15) is 0 Å². The minimum Gasteiger partial charge on any atom is -0.314 e. The predicted octanol–water partition coefficient (Wildman–Crippen LogP) is 2.11. The molecule has 1 aliphatic rings. The SMILES string of the molecule is CC(C)CCN1CCCNC(C)CC1. The van der Waals surface area contributed by atoms with Crippen molar-refractivity contribution in [2.24, 2.45) is 5.92 Å². The second kappa shape index (κ2) is 6.41. The minimum absolute atomic E-state index is 0.705. The van der Waals surface area contributed by atoms with Crippen LogP contribution in [0.5, 0.6) is 0 Å². The van der Waals surface area contributed by atoms with Crippen LogP contribution >= 0.6 is 0 Å². The van der Waals surface area contributed by atoms with Crippen molar-refractivity contribution in [3.05, 3.63) is 0 Å². The van der Waals surface area contributed by atoms with E-state index >= 15 is 0 Å². The molecule has 0 aromatic rings. The van der Waals surface area contributed by atoms with E-state index in [1.165, 1.54) is 45.4 Å². The third-order valence-corrected chi connectivity index (χ3v) is 3.04. The van der Waals surface area contributed by atoms with Gasteiger partial charge in [-0.15, -0.1) is 0 Å². The molecular formula is C12H26N2.